The molecule has 0 spiro atoms. The van der Waals surface area contributed by atoms with Crippen molar-refractivity contribution in [1.82, 2.24) is 5.32 Å². The van der Waals surface area contributed by atoms with Crippen LogP contribution in [0.4, 0.5) is 0 Å². The largest absolute Gasteiger partial charge is 0.389 e. The summed E-state index contributed by atoms with van der Waals surface area (Å²) in [7, 11) is 0. The van der Waals surface area contributed by atoms with Gasteiger partial charge in [0.1, 0.15) is 0 Å². The van der Waals surface area contributed by atoms with Gasteiger partial charge in [0.25, 0.3) is 0 Å². The molecule has 0 aliphatic rings. The molecule has 4 nitrogen and oxygen atoms in total. The molecule has 0 aromatic carbocycles. The number of hydrogen-bond acceptors (Lipinski definition) is 3. The maximum absolute atomic E-state index is 11.6. The first kappa shape index (κ1) is 13.4. The fraction of sp³-hybridized carbons (Fsp3) is 0.900. The Hall–Kier alpha value is -0.610. The number of hydrogen-bond donors (Lipinski definition) is 3. The van der Waals surface area contributed by atoms with Gasteiger partial charge in [-0.15, -0.1) is 0 Å². The van der Waals surface area contributed by atoms with Crippen molar-refractivity contribution in [2.24, 2.45) is 5.73 Å². The van der Waals surface area contributed by atoms with Gasteiger partial charge in [0.15, 0.2) is 0 Å². The third kappa shape index (κ3) is 5.19. The minimum atomic E-state index is -0.891. The zero-order chi connectivity index (χ0) is 11.4. The lowest BCUT2D eigenvalue weighted by Crippen LogP contribution is -2.53. The zero-order valence-corrected chi connectivity index (χ0v) is 9.55. The first-order valence-corrected chi connectivity index (χ1v) is 4.98. The fourth-order valence-electron chi connectivity index (χ4n) is 1.13. The zero-order valence-electron chi connectivity index (χ0n) is 9.55. The fourth-order valence-corrected chi connectivity index (χ4v) is 1.13. The highest BCUT2D eigenvalue weighted by molar-refractivity contribution is 5.85. The first-order valence-electron chi connectivity index (χ1n) is 4.98. The van der Waals surface area contributed by atoms with Crippen LogP contribution in [0.25, 0.3) is 0 Å². The van der Waals surface area contributed by atoms with Crippen molar-refractivity contribution in [3.8, 4) is 0 Å². The van der Waals surface area contributed by atoms with E-state index in [0.29, 0.717) is 6.42 Å². The molecule has 4 heteroatoms. The third-order valence-electron chi connectivity index (χ3n) is 1.97. The van der Waals surface area contributed by atoms with E-state index in [2.05, 4.69) is 5.32 Å². The molecule has 1 atom stereocenters. The second-order valence-corrected chi connectivity index (χ2v) is 4.66. The van der Waals surface area contributed by atoms with Gasteiger partial charge in [-0.25, -0.2) is 0 Å². The van der Waals surface area contributed by atoms with Crippen molar-refractivity contribution in [3.63, 3.8) is 0 Å². The number of carbonyl (C=O) groups is 1. The summed E-state index contributed by atoms with van der Waals surface area (Å²) in [5, 5.41) is 12.0. The van der Waals surface area contributed by atoms with Crippen molar-refractivity contribution >= 4 is 5.91 Å². The van der Waals surface area contributed by atoms with Gasteiger partial charge in [-0.2, -0.15) is 0 Å². The molecule has 0 aliphatic carbocycles. The number of rotatable bonds is 5. The van der Waals surface area contributed by atoms with Gasteiger partial charge < -0.3 is 16.2 Å². The predicted octanol–water partition coefficient (Wildman–Crippen LogP) is 0.391. The summed E-state index contributed by atoms with van der Waals surface area (Å²) in [5.74, 6) is -0.207. The summed E-state index contributed by atoms with van der Waals surface area (Å²) in [6, 6.07) is 0. The molecular weight excluding hydrogens is 180 g/mol. The summed E-state index contributed by atoms with van der Waals surface area (Å²) in [5.41, 5.74) is 4.08. The van der Waals surface area contributed by atoms with E-state index in [1.807, 2.05) is 6.92 Å². The highest BCUT2D eigenvalue weighted by atomic mass is 16.3. The normalized spacial score (nSPS) is 16.1. The SMILES string of the molecule is CCCC(C)(N)C(=O)NCC(C)(C)O. The van der Waals surface area contributed by atoms with E-state index >= 15 is 0 Å². The Morgan fingerprint density at radius 2 is 1.93 bits per heavy atom. The molecule has 0 aromatic heterocycles. The van der Waals surface area contributed by atoms with Gasteiger partial charge in [0.2, 0.25) is 5.91 Å². The molecular formula is C10H22N2O2. The molecule has 0 radical (unpaired) electrons. The monoisotopic (exact) mass is 202 g/mol. The Balaban J connectivity index is 4.08. The van der Waals surface area contributed by atoms with Crippen LogP contribution in [0.3, 0.4) is 0 Å². The van der Waals surface area contributed by atoms with E-state index < -0.39 is 11.1 Å². The van der Waals surface area contributed by atoms with Crippen LogP contribution in [0.2, 0.25) is 0 Å². The summed E-state index contributed by atoms with van der Waals surface area (Å²) in [6.45, 7) is 7.19. The molecule has 0 saturated carbocycles. The van der Waals surface area contributed by atoms with Crippen molar-refractivity contribution in [2.75, 3.05) is 6.54 Å². The van der Waals surface area contributed by atoms with Crippen LogP contribution in [-0.4, -0.2) is 28.7 Å². The molecule has 0 aliphatic heterocycles. The van der Waals surface area contributed by atoms with Crippen LogP contribution >= 0.6 is 0 Å². The van der Waals surface area contributed by atoms with E-state index in [0.717, 1.165) is 6.42 Å². The molecule has 1 amide bonds. The van der Waals surface area contributed by atoms with Crippen LogP contribution in [0.1, 0.15) is 40.5 Å². The lowest BCUT2D eigenvalue weighted by molar-refractivity contribution is -0.127. The van der Waals surface area contributed by atoms with E-state index in [9.17, 15) is 9.90 Å². The average molecular weight is 202 g/mol. The molecule has 0 bridgehead atoms. The first-order chi connectivity index (χ1) is 6.19. The highest BCUT2D eigenvalue weighted by Crippen LogP contribution is 2.09. The molecule has 1 unspecified atom stereocenters. The Kier molecular flexibility index (Phi) is 4.55. The van der Waals surface area contributed by atoms with Crippen molar-refractivity contribution < 1.29 is 9.90 Å². The molecule has 0 saturated heterocycles. The van der Waals surface area contributed by atoms with Crippen molar-refractivity contribution in [2.45, 2.75) is 51.7 Å². The molecule has 0 fully saturated rings. The second-order valence-electron chi connectivity index (χ2n) is 4.66. The van der Waals surface area contributed by atoms with E-state index in [4.69, 9.17) is 5.73 Å². The lowest BCUT2D eigenvalue weighted by atomic mass is 9.96. The lowest BCUT2D eigenvalue weighted by Gasteiger charge is -2.25. The maximum atomic E-state index is 11.6. The standard InChI is InChI=1S/C10H22N2O2/c1-5-6-10(4,11)8(13)12-7-9(2,3)14/h14H,5-7,11H2,1-4H3,(H,12,13). The Labute approximate surface area is 85.9 Å². The second kappa shape index (κ2) is 4.75. The number of amides is 1. The van der Waals surface area contributed by atoms with Gasteiger partial charge in [-0.05, 0) is 27.2 Å². The van der Waals surface area contributed by atoms with Gasteiger partial charge in [0.05, 0.1) is 11.1 Å². The molecule has 0 heterocycles. The Morgan fingerprint density at radius 3 is 2.29 bits per heavy atom. The number of carbonyl (C=O) groups excluding carboxylic acids is 1. The van der Waals surface area contributed by atoms with Crippen LogP contribution in [-0.2, 0) is 4.79 Å². The van der Waals surface area contributed by atoms with E-state index in [1.54, 1.807) is 20.8 Å². The topological polar surface area (TPSA) is 75.4 Å². The average Bonchev–Trinajstić information content (AvgIpc) is 1.98. The van der Waals surface area contributed by atoms with Crippen LogP contribution in [0, 0.1) is 0 Å². The maximum Gasteiger partial charge on any atom is 0.239 e. The highest BCUT2D eigenvalue weighted by Gasteiger charge is 2.28. The third-order valence-corrected chi connectivity index (χ3v) is 1.97. The summed E-state index contributed by atoms with van der Waals surface area (Å²) >= 11 is 0. The Bertz CT molecular complexity index is 195. The van der Waals surface area contributed by atoms with Crippen molar-refractivity contribution in [3.05, 3.63) is 0 Å². The molecule has 0 rings (SSSR count). The van der Waals surface area contributed by atoms with Crippen LogP contribution < -0.4 is 11.1 Å². The minimum absolute atomic E-state index is 0.207. The van der Waals surface area contributed by atoms with Gasteiger partial charge in [-0.3, -0.25) is 4.79 Å². The molecule has 0 aromatic rings. The summed E-state index contributed by atoms with van der Waals surface area (Å²) < 4.78 is 0. The molecule has 14 heavy (non-hydrogen) atoms. The van der Waals surface area contributed by atoms with Gasteiger partial charge in [0, 0.05) is 6.54 Å². The van der Waals surface area contributed by atoms with Crippen LogP contribution in [0.15, 0.2) is 0 Å². The molecule has 84 valence electrons. The number of nitrogens with one attached hydrogen (secondary N) is 1. The molecule has 4 N–H and O–H groups in total. The van der Waals surface area contributed by atoms with E-state index in [-0.39, 0.29) is 12.5 Å². The summed E-state index contributed by atoms with van der Waals surface area (Å²) in [4.78, 5) is 11.6. The van der Waals surface area contributed by atoms with Gasteiger partial charge in [-0.1, -0.05) is 13.3 Å². The smallest absolute Gasteiger partial charge is 0.239 e. The van der Waals surface area contributed by atoms with Gasteiger partial charge >= 0.3 is 0 Å². The number of aliphatic hydroxyl groups is 1. The Morgan fingerprint density at radius 1 is 1.43 bits per heavy atom. The summed E-state index contributed by atoms with van der Waals surface area (Å²) in [6.07, 6.45) is 1.51. The van der Waals surface area contributed by atoms with Crippen LogP contribution in [0.5, 0.6) is 0 Å². The number of nitrogens with two attached hydrogens (primary N) is 1. The predicted molar refractivity (Wildman–Crippen MR) is 56.8 cm³/mol. The van der Waals surface area contributed by atoms with Crippen molar-refractivity contribution in [1.29, 1.82) is 0 Å². The minimum Gasteiger partial charge on any atom is -0.389 e. The van der Waals surface area contributed by atoms with E-state index in [1.165, 1.54) is 0 Å². The quantitative estimate of drug-likeness (QED) is 0.603.